The van der Waals surface area contributed by atoms with E-state index < -0.39 is 6.04 Å². The number of allylic oxidation sites excluding steroid dienone is 2. The summed E-state index contributed by atoms with van der Waals surface area (Å²) in [4.78, 5) is 0.914. The van der Waals surface area contributed by atoms with Gasteiger partial charge in [-0.3, -0.25) is 0 Å². The second-order valence-corrected chi connectivity index (χ2v) is 14.1. The van der Waals surface area contributed by atoms with Gasteiger partial charge >= 0.3 is 128 Å². The zero-order valence-corrected chi connectivity index (χ0v) is 15.2. The number of benzene rings is 1. The van der Waals surface area contributed by atoms with Gasteiger partial charge in [-0.15, -0.1) is 0 Å². The molecule has 3 rings (SSSR count). The van der Waals surface area contributed by atoms with Crippen LogP contribution in [0.4, 0.5) is 0 Å². The molecule has 0 aromatic heterocycles. The van der Waals surface area contributed by atoms with Crippen molar-refractivity contribution in [3.05, 3.63) is 41.5 Å². The van der Waals surface area contributed by atoms with Crippen molar-refractivity contribution in [2.24, 2.45) is 0 Å². The van der Waals surface area contributed by atoms with Crippen LogP contribution in [0, 0.1) is 0 Å². The monoisotopic (exact) mass is 356 g/mol. The number of hydrogen-bond donors (Lipinski definition) is 0. The molecule has 19 heavy (non-hydrogen) atoms. The second kappa shape index (κ2) is 5.15. The van der Waals surface area contributed by atoms with Gasteiger partial charge in [-0.25, -0.2) is 0 Å². The molecule has 1 fully saturated rings. The fourth-order valence-electron chi connectivity index (χ4n) is 3.57. The van der Waals surface area contributed by atoms with Crippen LogP contribution in [-0.4, -0.2) is 25.2 Å². The third kappa shape index (κ3) is 1.95. The molecule has 1 saturated heterocycles. The van der Waals surface area contributed by atoms with Crippen molar-refractivity contribution in [3.8, 4) is 0 Å². The maximum atomic E-state index is 6.37. The Hall–Kier alpha value is 0.129. The summed E-state index contributed by atoms with van der Waals surface area (Å²) in [6, 6.07) is 9.67. The van der Waals surface area contributed by atoms with E-state index in [1.165, 1.54) is 18.1 Å². The second-order valence-electron chi connectivity index (χ2n) is 5.67. The predicted molar refractivity (Wildman–Crippen MR) is 90.7 cm³/mol. The third-order valence-electron chi connectivity index (χ3n) is 4.59. The van der Waals surface area contributed by atoms with Crippen molar-refractivity contribution in [1.82, 2.24) is 0 Å². The van der Waals surface area contributed by atoms with Crippen LogP contribution >= 0.6 is 6.04 Å². The van der Waals surface area contributed by atoms with Crippen molar-refractivity contribution < 1.29 is 0 Å². The van der Waals surface area contributed by atoms with E-state index in [0.717, 1.165) is 30.0 Å². The van der Waals surface area contributed by atoms with E-state index in [1.54, 1.807) is 11.1 Å². The summed E-state index contributed by atoms with van der Waals surface area (Å²) >= 11 is 7.10. The normalized spacial score (nSPS) is 37.1. The molecule has 2 unspecified atom stereocenters. The standard InChI is InChI=1S/C16H21PSSe/c1-4-8-14-15-11(2)12(3)16(19-14)17(15,18)13-9-6-5-7-10-13/h5-7,9-10,14-16H,4,8H2,1-3H3/t14?,15-,16-,17?/m1/s1. The Labute approximate surface area is 128 Å². The first-order valence-electron chi connectivity index (χ1n) is 7.08. The molecule has 0 aliphatic carbocycles. The van der Waals surface area contributed by atoms with Gasteiger partial charge in [0.2, 0.25) is 0 Å². The Bertz CT molecular complexity index is 563. The molecule has 2 bridgehead atoms. The van der Waals surface area contributed by atoms with Crippen LogP contribution in [0.15, 0.2) is 41.5 Å². The Morgan fingerprint density at radius 2 is 1.84 bits per heavy atom. The molecule has 1 aromatic carbocycles. The maximum absolute atomic E-state index is 6.37. The van der Waals surface area contributed by atoms with Crippen LogP contribution in [0.2, 0.25) is 4.82 Å². The van der Waals surface area contributed by atoms with Crippen molar-refractivity contribution >= 4 is 38.1 Å². The molecule has 102 valence electrons. The summed E-state index contributed by atoms with van der Waals surface area (Å²) < 4.78 is 0.763. The van der Waals surface area contributed by atoms with E-state index in [0.29, 0.717) is 0 Å². The first kappa shape index (κ1) is 14.1. The van der Waals surface area contributed by atoms with Crippen LogP contribution in [0.25, 0.3) is 0 Å². The van der Waals surface area contributed by atoms with Crippen molar-refractivity contribution in [3.63, 3.8) is 0 Å². The minimum absolute atomic E-state index is 0.731. The first-order chi connectivity index (χ1) is 9.10. The van der Waals surface area contributed by atoms with E-state index in [4.69, 9.17) is 11.8 Å². The number of fused-ring (bicyclic) bond motifs is 2. The van der Waals surface area contributed by atoms with Gasteiger partial charge < -0.3 is 0 Å². The van der Waals surface area contributed by atoms with Gasteiger partial charge in [-0.05, 0) is 0 Å². The zero-order chi connectivity index (χ0) is 13.6. The molecule has 4 atom stereocenters. The molecule has 0 saturated carbocycles. The van der Waals surface area contributed by atoms with Crippen molar-refractivity contribution in [1.29, 1.82) is 0 Å². The molecule has 0 spiro atoms. The van der Waals surface area contributed by atoms with E-state index >= 15 is 0 Å². The molecule has 2 aliphatic heterocycles. The Kier molecular flexibility index (Phi) is 3.82. The number of rotatable bonds is 3. The average molecular weight is 355 g/mol. The van der Waals surface area contributed by atoms with Crippen LogP contribution in [-0.2, 0) is 11.8 Å². The van der Waals surface area contributed by atoms with Crippen LogP contribution in [0.3, 0.4) is 0 Å². The summed E-state index contributed by atoms with van der Waals surface area (Å²) in [7, 11) is 0. The first-order valence-corrected chi connectivity index (χ1v) is 12.0. The van der Waals surface area contributed by atoms with Gasteiger partial charge in [0.05, 0.1) is 0 Å². The van der Waals surface area contributed by atoms with E-state index in [1.807, 2.05) is 0 Å². The number of hydrogen-bond acceptors (Lipinski definition) is 1. The summed E-state index contributed by atoms with van der Waals surface area (Å²) in [5.41, 5.74) is 4.04. The summed E-state index contributed by atoms with van der Waals surface area (Å²) in [6.07, 6.45) is 2.70. The summed E-state index contributed by atoms with van der Waals surface area (Å²) in [5, 5.41) is 1.50. The quantitative estimate of drug-likeness (QED) is 0.446. The predicted octanol–water partition coefficient (Wildman–Crippen LogP) is 4.14. The summed E-state index contributed by atoms with van der Waals surface area (Å²) in [6.45, 7) is 7.04. The molecule has 0 radical (unpaired) electrons. The molecule has 0 amide bonds. The Morgan fingerprint density at radius 3 is 2.47 bits per heavy atom. The van der Waals surface area contributed by atoms with Gasteiger partial charge in [0, 0.05) is 0 Å². The molecule has 2 heterocycles. The molecule has 0 nitrogen and oxygen atoms in total. The van der Waals surface area contributed by atoms with Gasteiger partial charge in [0.1, 0.15) is 0 Å². The van der Waals surface area contributed by atoms with Gasteiger partial charge in [-0.1, -0.05) is 0 Å². The summed E-state index contributed by atoms with van der Waals surface area (Å²) in [5.74, 6) is 0. The van der Waals surface area contributed by atoms with Crippen LogP contribution < -0.4 is 5.30 Å². The SMILES string of the molecule is CCCC1[Se][C@@H]2C(C)=C(C)[C@H]1P2(=S)c1ccccc1. The van der Waals surface area contributed by atoms with Crippen molar-refractivity contribution in [2.75, 3.05) is 0 Å². The zero-order valence-electron chi connectivity index (χ0n) is 11.8. The molecule has 2 aliphatic rings. The fourth-order valence-corrected chi connectivity index (χ4v) is 18.7. The Balaban J connectivity index is 2.08. The third-order valence-corrected chi connectivity index (χ3v) is 17.5. The van der Waals surface area contributed by atoms with Gasteiger partial charge in [0.25, 0.3) is 0 Å². The molecule has 3 heteroatoms. The van der Waals surface area contributed by atoms with E-state index in [2.05, 4.69) is 51.1 Å². The van der Waals surface area contributed by atoms with Crippen molar-refractivity contribution in [2.45, 2.75) is 48.6 Å². The van der Waals surface area contributed by atoms with E-state index in [9.17, 15) is 0 Å². The molecular formula is C16H21PSSe. The molecule has 1 aromatic rings. The molecular weight excluding hydrogens is 334 g/mol. The van der Waals surface area contributed by atoms with Crippen LogP contribution in [0.1, 0.15) is 33.6 Å². The molecule has 0 N–H and O–H groups in total. The topological polar surface area (TPSA) is 0 Å². The fraction of sp³-hybridized carbons (Fsp3) is 0.500. The minimum atomic E-state index is -1.40. The van der Waals surface area contributed by atoms with Crippen LogP contribution in [0.5, 0.6) is 0 Å². The van der Waals surface area contributed by atoms with Gasteiger partial charge in [0.15, 0.2) is 0 Å². The van der Waals surface area contributed by atoms with E-state index in [-0.39, 0.29) is 0 Å². The Morgan fingerprint density at radius 1 is 1.16 bits per heavy atom. The van der Waals surface area contributed by atoms with Gasteiger partial charge in [-0.2, -0.15) is 0 Å². The average Bonchev–Trinajstić information content (AvgIpc) is 2.81.